The SMILES string of the molecule is Cl.Cl.NCC1CCCCC1NC(=O)CCn1ccnc1. The topological polar surface area (TPSA) is 72.9 Å². The average molecular weight is 323 g/mol. The first-order valence-electron chi connectivity index (χ1n) is 6.75. The van der Waals surface area contributed by atoms with Gasteiger partial charge in [0, 0.05) is 31.4 Å². The number of nitrogens with two attached hydrogens (primary N) is 1. The summed E-state index contributed by atoms with van der Waals surface area (Å²) in [5.74, 6) is 0.574. The van der Waals surface area contributed by atoms with E-state index in [-0.39, 0.29) is 36.8 Å². The summed E-state index contributed by atoms with van der Waals surface area (Å²) in [5.41, 5.74) is 5.76. The van der Waals surface area contributed by atoms with E-state index in [0.717, 1.165) is 12.8 Å². The predicted octanol–water partition coefficient (Wildman–Crippen LogP) is 1.75. The molecule has 1 fully saturated rings. The number of imidazole rings is 1. The minimum atomic E-state index is 0. The summed E-state index contributed by atoms with van der Waals surface area (Å²) >= 11 is 0. The van der Waals surface area contributed by atoms with Crippen LogP contribution in [0.25, 0.3) is 0 Å². The van der Waals surface area contributed by atoms with Crippen molar-refractivity contribution in [1.29, 1.82) is 0 Å². The molecule has 1 aromatic rings. The van der Waals surface area contributed by atoms with Crippen molar-refractivity contribution in [2.45, 2.75) is 44.7 Å². The summed E-state index contributed by atoms with van der Waals surface area (Å²) in [6.07, 6.45) is 10.5. The molecule has 5 nitrogen and oxygen atoms in total. The van der Waals surface area contributed by atoms with Crippen LogP contribution in [0.1, 0.15) is 32.1 Å². The van der Waals surface area contributed by atoms with Gasteiger partial charge in [0.05, 0.1) is 6.33 Å². The second-order valence-corrected chi connectivity index (χ2v) is 5.00. The van der Waals surface area contributed by atoms with Gasteiger partial charge < -0.3 is 15.6 Å². The van der Waals surface area contributed by atoms with Gasteiger partial charge >= 0.3 is 0 Å². The second kappa shape index (κ2) is 10.0. The van der Waals surface area contributed by atoms with Crippen molar-refractivity contribution in [3.63, 3.8) is 0 Å². The molecular formula is C13H24Cl2N4O. The highest BCUT2D eigenvalue weighted by atomic mass is 35.5. The van der Waals surface area contributed by atoms with Crippen LogP contribution < -0.4 is 11.1 Å². The van der Waals surface area contributed by atoms with Crippen LogP contribution in [0.15, 0.2) is 18.7 Å². The van der Waals surface area contributed by atoms with Crippen molar-refractivity contribution in [2.75, 3.05) is 6.54 Å². The fraction of sp³-hybridized carbons (Fsp3) is 0.692. The lowest BCUT2D eigenvalue weighted by Crippen LogP contribution is -2.44. The van der Waals surface area contributed by atoms with E-state index < -0.39 is 0 Å². The third-order valence-corrected chi connectivity index (χ3v) is 3.71. The summed E-state index contributed by atoms with van der Waals surface area (Å²) in [4.78, 5) is 15.8. The number of hydrogen-bond donors (Lipinski definition) is 2. The Labute approximate surface area is 132 Å². The summed E-state index contributed by atoms with van der Waals surface area (Å²) < 4.78 is 1.92. The van der Waals surface area contributed by atoms with Gasteiger partial charge in [-0.05, 0) is 25.3 Å². The monoisotopic (exact) mass is 322 g/mol. The minimum Gasteiger partial charge on any atom is -0.353 e. The number of rotatable bonds is 5. The predicted molar refractivity (Wildman–Crippen MR) is 84.3 cm³/mol. The van der Waals surface area contributed by atoms with Crippen LogP contribution >= 0.6 is 24.8 Å². The molecular weight excluding hydrogens is 299 g/mol. The number of aryl methyl sites for hydroxylation is 1. The Bertz CT molecular complexity index is 372. The van der Waals surface area contributed by atoms with Crippen LogP contribution in [-0.2, 0) is 11.3 Å². The van der Waals surface area contributed by atoms with Gasteiger partial charge in [0.2, 0.25) is 5.91 Å². The first-order valence-corrected chi connectivity index (χ1v) is 6.75. The maximum Gasteiger partial charge on any atom is 0.222 e. The van der Waals surface area contributed by atoms with Gasteiger partial charge in [0.25, 0.3) is 0 Å². The van der Waals surface area contributed by atoms with E-state index in [4.69, 9.17) is 5.73 Å². The van der Waals surface area contributed by atoms with Gasteiger partial charge in [0.15, 0.2) is 0 Å². The summed E-state index contributed by atoms with van der Waals surface area (Å²) in [6, 6.07) is 0.277. The number of halogens is 2. The average Bonchev–Trinajstić information content (AvgIpc) is 2.90. The molecule has 0 aliphatic heterocycles. The number of nitrogens with one attached hydrogen (secondary N) is 1. The van der Waals surface area contributed by atoms with Gasteiger partial charge in [-0.1, -0.05) is 12.8 Å². The van der Waals surface area contributed by atoms with Crippen LogP contribution in [-0.4, -0.2) is 28.0 Å². The Morgan fingerprint density at radius 2 is 2.10 bits per heavy atom. The molecule has 0 spiro atoms. The Balaban J connectivity index is 0.00000180. The lowest BCUT2D eigenvalue weighted by Gasteiger charge is -2.31. The fourth-order valence-corrected chi connectivity index (χ4v) is 2.61. The molecule has 1 saturated carbocycles. The molecule has 1 aromatic heterocycles. The molecule has 2 unspecified atom stereocenters. The molecule has 2 rings (SSSR count). The molecule has 1 heterocycles. The molecule has 2 atom stereocenters. The number of nitrogens with zero attached hydrogens (tertiary/aromatic N) is 2. The van der Waals surface area contributed by atoms with Crippen LogP contribution in [0, 0.1) is 5.92 Å². The van der Waals surface area contributed by atoms with Crippen molar-refractivity contribution in [2.24, 2.45) is 11.7 Å². The number of aromatic nitrogens is 2. The van der Waals surface area contributed by atoms with Gasteiger partial charge in [-0.2, -0.15) is 0 Å². The highest BCUT2D eigenvalue weighted by molar-refractivity contribution is 5.85. The van der Waals surface area contributed by atoms with E-state index in [9.17, 15) is 4.79 Å². The van der Waals surface area contributed by atoms with Gasteiger partial charge in [0.1, 0.15) is 0 Å². The maximum atomic E-state index is 11.9. The van der Waals surface area contributed by atoms with Gasteiger partial charge in [-0.25, -0.2) is 4.98 Å². The van der Waals surface area contributed by atoms with E-state index in [1.54, 1.807) is 12.5 Å². The van der Waals surface area contributed by atoms with E-state index in [1.807, 2.05) is 10.8 Å². The van der Waals surface area contributed by atoms with Crippen molar-refractivity contribution in [3.8, 4) is 0 Å². The second-order valence-electron chi connectivity index (χ2n) is 5.00. The Morgan fingerprint density at radius 3 is 2.75 bits per heavy atom. The third kappa shape index (κ3) is 5.69. The Kier molecular flexibility index (Phi) is 9.63. The smallest absolute Gasteiger partial charge is 0.222 e. The van der Waals surface area contributed by atoms with Crippen molar-refractivity contribution < 1.29 is 4.79 Å². The van der Waals surface area contributed by atoms with Gasteiger partial charge in [-0.15, -0.1) is 24.8 Å². The van der Waals surface area contributed by atoms with E-state index in [2.05, 4.69) is 10.3 Å². The summed E-state index contributed by atoms with van der Waals surface area (Å²) in [7, 11) is 0. The number of carbonyl (C=O) groups is 1. The maximum absolute atomic E-state index is 11.9. The molecule has 7 heteroatoms. The van der Waals surface area contributed by atoms with Crippen LogP contribution in [0.3, 0.4) is 0 Å². The quantitative estimate of drug-likeness (QED) is 0.867. The molecule has 116 valence electrons. The van der Waals surface area contributed by atoms with Gasteiger partial charge in [-0.3, -0.25) is 4.79 Å². The zero-order chi connectivity index (χ0) is 12.8. The molecule has 1 aliphatic carbocycles. The zero-order valence-corrected chi connectivity index (χ0v) is 13.2. The molecule has 0 saturated heterocycles. The van der Waals surface area contributed by atoms with Crippen LogP contribution in [0.5, 0.6) is 0 Å². The lowest BCUT2D eigenvalue weighted by molar-refractivity contribution is -0.122. The molecule has 1 aliphatic rings. The molecule has 3 N–H and O–H groups in total. The highest BCUT2D eigenvalue weighted by Gasteiger charge is 2.24. The normalized spacial score (nSPS) is 21.4. The number of hydrogen-bond acceptors (Lipinski definition) is 3. The molecule has 20 heavy (non-hydrogen) atoms. The van der Waals surface area contributed by atoms with E-state index >= 15 is 0 Å². The highest BCUT2D eigenvalue weighted by Crippen LogP contribution is 2.23. The minimum absolute atomic E-state index is 0. The fourth-order valence-electron chi connectivity index (χ4n) is 2.61. The third-order valence-electron chi connectivity index (χ3n) is 3.71. The number of amides is 1. The first kappa shape index (κ1) is 19.2. The van der Waals surface area contributed by atoms with Crippen molar-refractivity contribution in [3.05, 3.63) is 18.7 Å². The van der Waals surface area contributed by atoms with Crippen LogP contribution in [0.4, 0.5) is 0 Å². The lowest BCUT2D eigenvalue weighted by atomic mass is 9.84. The number of carbonyl (C=O) groups excluding carboxylic acids is 1. The summed E-state index contributed by atoms with van der Waals surface area (Å²) in [6.45, 7) is 1.36. The van der Waals surface area contributed by atoms with E-state index in [1.165, 1.54) is 12.8 Å². The first-order chi connectivity index (χ1) is 8.79. The van der Waals surface area contributed by atoms with Crippen molar-refractivity contribution in [1.82, 2.24) is 14.9 Å². The van der Waals surface area contributed by atoms with Crippen LogP contribution in [0.2, 0.25) is 0 Å². The molecule has 0 bridgehead atoms. The van der Waals surface area contributed by atoms with E-state index in [0.29, 0.717) is 25.4 Å². The Morgan fingerprint density at radius 1 is 1.35 bits per heavy atom. The standard InChI is InChI=1S/C13H22N4O.2ClH/c14-9-11-3-1-2-4-12(11)16-13(18)5-7-17-8-6-15-10-17;;/h6,8,10-12H,1-5,7,9,14H2,(H,16,18);2*1H. The Hall–Kier alpha value is -0.780. The van der Waals surface area contributed by atoms with Crippen molar-refractivity contribution >= 4 is 30.7 Å². The zero-order valence-electron chi connectivity index (χ0n) is 11.5. The summed E-state index contributed by atoms with van der Waals surface area (Å²) in [5, 5.41) is 3.13. The molecule has 1 amide bonds. The molecule has 0 aromatic carbocycles. The largest absolute Gasteiger partial charge is 0.353 e. The molecule has 0 radical (unpaired) electrons.